The highest BCUT2D eigenvalue weighted by Crippen LogP contribution is 2.47. The van der Waals surface area contributed by atoms with E-state index >= 15 is 4.39 Å². The van der Waals surface area contributed by atoms with Crippen molar-refractivity contribution in [3.05, 3.63) is 35.4 Å². The third kappa shape index (κ3) is 4.78. The standard InChI is InChI=1S/C32H33F5N6O2S/c1-17-13-30(6-2-10-43(30)14-17)16-44-29-40-24-19(27(41-29)42-9-3-7-31(15-42)8-11-45-31)12-20(32(35,36)37)22(23(24)34)18-4-5-21(33)26-25(18)39-28(38)46-26/h4-5,12,17H,2-3,6-11,13-16H2,1H3,(H2,38,39)/t17-,30+,31?/m1/s1. The molecule has 4 fully saturated rings. The fourth-order valence-electron chi connectivity index (χ4n) is 8.19. The SMILES string of the molecule is C[C@H]1CN2CCC[C@@]2(COc2nc(N3CCCC4(CCO4)C3)c3cc(C(F)(F)F)c(-c4ccc(F)c5sc(N)nc45)c(F)c3n2)C1. The predicted molar refractivity (Wildman–Crippen MR) is 165 cm³/mol. The number of halogens is 5. The highest BCUT2D eigenvalue weighted by atomic mass is 32.1. The molecule has 2 aromatic carbocycles. The number of alkyl halides is 3. The summed E-state index contributed by atoms with van der Waals surface area (Å²) < 4.78 is 88.2. The van der Waals surface area contributed by atoms with E-state index in [0.717, 1.165) is 81.2 Å². The smallest absolute Gasteiger partial charge is 0.417 e. The van der Waals surface area contributed by atoms with Gasteiger partial charge in [0.15, 0.2) is 10.9 Å². The number of fused-ring (bicyclic) bond motifs is 3. The van der Waals surface area contributed by atoms with Gasteiger partial charge in [0.25, 0.3) is 0 Å². The van der Waals surface area contributed by atoms with Crippen LogP contribution in [0.1, 0.15) is 51.0 Å². The van der Waals surface area contributed by atoms with Gasteiger partial charge in [0.1, 0.15) is 23.8 Å². The van der Waals surface area contributed by atoms with Crippen LogP contribution in [-0.4, -0.2) is 70.4 Å². The van der Waals surface area contributed by atoms with Crippen molar-refractivity contribution in [3.8, 4) is 17.1 Å². The molecule has 2 N–H and O–H groups in total. The highest BCUT2D eigenvalue weighted by molar-refractivity contribution is 7.22. The van der Waals surface area contributed by atoms with Gasteiger partial charge in [-0.1, -0.05) is 18.3 Å². The quantitative estimate of drug-likeness (QED) is 0.234. The Bertz CT molecular complexity index is 1860. The van der Waals surface area contributed by atoms with Gasteiger partial charge in [0.2, 0.25) is 0 Å². The van der Waals surface area contributed by atoms with Gasteiger partial charge in [-0.15, -0.1) is 0 Å². The number of rotatable bonds is 5. The Hall–Kier alpha value is -3.36. The van der Waals surface area contributed by atoms with Crippen molar-refractivity contribution < 1.29 is 31.4 Å². The molecule has 0 amide bonds. The molecule has 4 aliphatic heterocycles. The first-order valence-electron chi connectivity index (χ1n) is 15.7. The molecule has 14 heteroatoms. The van der Waals surface area contributed by atoms with Crippen molar-refractivity contribution in [3.63, 3.8) is 0 Å². The largest absolute Gasteiger partial charge is 0.461 e. The summed E-state index contributed by atoms with van der Waals surface area (Å²) in [5.41, 5.74) is 2.55. The van der Waals surface area contributed by atoms with E-state index in [-0.39, 0.29) is 49.2 Å². The van der Waals surface area contributed by atoms with Gasteiger partial charge in [-0.25, -0.2) is 13.8 Å². The molecule has 1 spiro atoms. The molecule has 3 atom stereocenters. The van der Waals surface area contributed by atoms with Gasteiger partial charge in [-0.05, 0) is 62.8 Å². The zero-order valence-electron chi connectivity index (χ0n) is 25.2. The second kappa shape index (κ2) is 10.6. The van der Waals surface area contributed by atoms with Crippen molar-refractivity contribution in [2.45, 2.75) is 62.8 Å². The Morgan fingerprint density at radius 3 is 2.65 bits per heavy atom. The first-order chi connectivity index (χ1) is 22.0. The van der Waals surface area contributed by atoms with Gasteiger partial charge in [-0.3, -0.25) is 4.90 Å². The van der Waals surface area contributed by atoms with Gasteiger partial charge in [0, 0.05) is 42.6 Å². The maximum atomic E-state index is 16.9. The average Bonchev–Trinajstić information content (AvgIpc) is 3.67. The number of nitrogens with two attached hydrogens (primary N) is 1. The van der Waals surface area contributed by atoms with E-state index < -0.39 is 34.5 Å². The molecule has 8 rings (SSSR count). The van der Waals surface area contributed by atoms with Crippen LogP contribution >= 0.6 is 11.3 Å². The van der Waals surface area contributed by atoms with Gasteiger partial charge >= 0.3 is 12.2 Å². The van der Waals surface area contributed by atoms with E-state index in [1.54, 1.807) is 0 Å². The van der Waals surface area contributed by atoms with Crippen LogP contribution in [0.25, 0.3) is 32.2 Å². The van der Waals surface area contributed by atoms with Crippen LogP contribution in [0.15, 0.2) is 18.2 Å². The van der Waals surface area contributed by atoms with Crippen LogP contribution in [0.5, 0.6) is 6.01 Å². The van der Waals surface area contributed by atoms with E-state index in [1.807, 2.05) is 4.90 Å². The summed E-state index contributed by atoms with van der Waals surface area (Å²) in [7, 11) is 0. The highest BCUT2D eigenvalue weighted by Gasteiger charge is 2.48. The molecule has 244 valence electrons. The molecule has 6 heterocycles. The third-order valence-corrected chi connectivity index (χ3v) is 11.1. The fraction of sp³-hybridized carbons (Fsp3) is 0.531. The maximum absolute atomic E-state index is 16.9. The molecule has 1 unspecified atom stereocenters. The number of anilines is 2. The van der Waals surface area contributed by atoms with E-state index in [1.165, 1.54) is 0 Å². The monoisotopic (exact) mass is 660 g/mol. The minimum Gasteiger partial charge on any atom is -0.461 e. The molecule has 0 radical (unpaired) electrons. The molecular weight excluding hydrogens is 627 g/mol. The van der Waals surface area contributed by atoms with Gasteiger partial charge in [-0.2, -0.15) is 23.1 Å². The van der Waals surface area contributed by atoms with Crippen LogP contribution in [0.4, 0.5) is 32.9 Å². The van der Waals surface area contributed by atoms with Crippen molar-refractivity contribution in [2.75, 3.05) is 50.0 Å². The summed E-state index contributed by atoms with van der Waals surface area (Å²) in [5, 5.41) is -0.126. The minimum atomic E-state index is -4.97. The van der Waals surface area contributed by atoms with E-state index in [0.29, 0.717) is 32.2 Å². The Labute approximate surface area is 265 Å². The minimum absolute atomic E-state index is 0.0461. The summed E-state index contributed by atoms with van der Waals surface area (Å²) in [6.07, 6.45) is 0.374. The molecule has 0 saturated carbocycles. The Morgan fingerprint density at radius 1 is 1.09 bits per heavy atom. The Kier molecular flexibility index (Phi) is 6.90. The van der Waals surface area contributed by atoms with Gasteiger partial charge in [0.05, 0.1) is 33.5 Å². The molecule has 46 heavy (non-hydrogen) atoms. The van der Waals surface area contributed by atoms with Crippen LogP contribution in [0.2, 0.25) is 0 Å². The number of aromatic nitrogens is 3. The van der Waals surface area contributed by atoms with E-state index in [2.05, 4.69) is 26.8 Å². The number of hydrogen-bond acceptors (Lipinski definition) is 9. The summed E-state index contributed by atoms with van der Waals surface area (Å²) in [4.78, 5) is 17.5. The number of hydrogen-bond donors (Lipinski definition) is 1. The molecule has 0 aliphatic carbocycles. The number of benzene rings is 2. The van der Waals surface area contributed by atoms with Crippen molar-refractivity contribution in [1.29, 1.82) is 0 Å². The second-order valence-electron chi connectivity index (χ2n) is 13.3. The predicted octanol–water partition coefficient (Wildman–Crippen LogP) is 6.80. The number of nitrogen functional groups attached to an aromatic ring is 1. The molecule has 2 aromatic heterocycles. The molecule has 4 aromatic rings. The first-order valence-corrected chi connectivity index (χ1v) is 16.5. The molecule has 8 nitrogen and oxygen atoms in total. The molecule has 4 saturated heterocycles. The number of nitrogens with zero attached hydrogens (tertiary/aromatic N) is 5. The number of ether oxygens (including phenoxy) is 2. The lowest BCUT2D eigenvalue weighted by molar-refractivity contribution is -0.151. The second-order valence-corrected chi connectivity index (χ2v) is 14.4. The van der Waals surface area contributed by atoms with Gasteiger partial charge < -0.3 is 20.1 Å². The number of thiazole rings is 1. The van der Waals surface area contributed by atoms with Crippen LogP contribution in [0.3, 0.4) is 0 Å². The Morgan fingerprint density at radius 2 is 1.89 bits per heavy atom. The van der Waals surface area contributed by atoms with Crippen molar-refractivity contribution in [2.24, 2.45) is 5.92 Å². The van der Waals surface area contributed by atoms with E-state index in [9.17, 15) is 17.6 Å². The van der Waals surface area contributed by atoms with Crippen LogP contribution in [-0.2, 0) is 10.9 Å². The number of piperidine rings is 1. The lowest BCUT2D eigenvalue weighted by Crippen LogP contribution is -2.56. The average molecular weight is 661 g/mol. The maximum Gasteiger partial charge on any atom is 0.417 e. The van der Waals surface area contributed by atoms with Crippen LogP contribution in [0, 0.1) is 17.6 Å². The lowest BCUT2D eigenvalue weighted by Gasteiger charge is -2.49. The zero-order chi connectivity index (χ0) is 32.0. The van der Waals surface area contributed by atoms with Crippen LogP contribution < -0.4 is 15.4 Å². The first kappa shape index (κ1) is 30.0. The van der Waals surface area contributed by atoms with Crippen molar-refractivity contribution >= 4 is 43.4 Å². The summed E-state index contributed by atoms with van der Waals surface area (Å²) >= 11 is 0.787. The summed E-state index contributed by atoms with van der Waals surface area (Å²) in [5.74, 6) is -1.24. The summed E-state index contributed by atoms with van der Waals surface area (Å²) in [6.45, 7) is 5.97. The zero-order valence-corrected chi connectivity index (χ0v) is 26.0. The normalized spacial score (nSPS) is 26.7. The van der Waals surface area contributed by atoms with Crippen molar-refractivity contribution in [1.82, 2.24) is 19.9 Å². The summed E-state index contributed by atoms with van der Waals surface area (Å²) in [6, 6.07) is 2.91. The third-order valence-electron chi connectivity index (χ3n) is 10.3. The molecule has 4 aliphatic rings. The fourth-order valence-corrected chi connectivity index (χ4v) is 8.95. The molecular formula is C32H33F5N6O2S. The van der Waals surface area contributed by atoms with E-state index in [4.69, 9.17) is 15.2 Å². The Balaban J connectivity index is 1.32. The molecule has 0 bridgehead atoms. The topological polar surface area (TPSA) is 89.6 Å². The lowest BCUT2D eigenvalue weighted by atomic mass is 9.85.